The normalized spacial score (nSPS) is 15.5. The predicted molar refractivity (Wildman–Crippen MR) is 87.3 cm³/mol. The number of aromatic nitrogens is 1. The molecule has 0 spiro atoms. The molecule has 0 saturated heterocycles. The summed E-state index contributed by atoms with van der Waals surface area (Å²) in [5.74, 6) is 0.925. The molecule has 21 heavy (non-hydrogen) atoms. The van der Waals surface area contributed by atoms with E-state index in [0.29, 0.717) is 6.61 Å². The summed E-state index contributed by atoms with van der Waals surface area (Å²) in [5.41, 5.74) is 2.57. The van der Waals surface area contributed by atoms with Gasteiger partial charge >= 0.3 is 0 Å². The van der Waals surface area contributed by atoms with Crippen molar-refractivity contribution in [1.82, 2.24) is 10.3 Å². The number of aryl methyl sites for hydroxylation is 2. The topological polar surface area (TPSA) is 34.1 Å². The van der Waals surface area contributed by atoms with E-state index in [-0.39, 0.29) is 6.04 Å². The molecule has 1 aromatic carbocycles. The fourth-order valence-electron chi connectivity index (χ4n) is 2.85. The van der Waals surface area contributed by atoms with Crippen LogP contribution in [0.15, 0.2) is 24.3 Å². The van der Waals surface area contributed by atoms with Gasteiger partial charge in [0.15, 0.2) is 0 Å². The second-order valence-electron chi connectivity index (χ2n) is 5.35. The SMILES string of the molecule is CCOc1ccc(C(NC)c2nc3c(s2)CCCC3)cc1. The molecule has 0 amide bonds. The first-order valence-electron chi connectivity index (χ1n) is 7.70. The van der Waals surface area contributed by atoms with Gasteiger partial charge in [0, 0.05) is 4.88 Å². The van der Waals surface area contributed by atoms with E-state index in [1.807, 2.05) is 37.4 Å². The smallest absolute Gasteiger partial charge is 0.119 e. The zero-order chi connectivity index (χ0) is 14.7. The second-order valence-corrected chi connectivity index (χ2v) is 6.47. The van der Waals surface area contributed by atoms with Crippen molar-refractivity contribution < 1.29 is 4.74 Å². The highest BCUT2D eigenvalue weighted by Crippen LogP contribution is 2.32. The van der Waals surface area contributed by atoms with Crippen LogP contribution in [0.25, 0.3) is 0 Å². The van der Waals surface area contributed by atoms with E-state index < -0.39 is 0 Å². The largest absolute Gasteiger partial charge is 0.494 e. The number of fused-ring (bicyclic) bond motifs is 1. The van der Waals surface area contributed by atoms with Crippen LogP contribution in [0, 0.1) is 0 Å². The van der Waals surface area contributed by atoms with E-state index in [0.717, 1.165) is 12.2 Å². The molecule has 1 N–H and O–H groups in total. The average molecular weight is 302 g/mol. The monoisotopic (exact) mass is 302 g/mol. The van der Waals surface area contributed by atoms with Gasteiger partial charge in [-0.15, -0.1) is 11.3 Å². The Balaban J connectivity index is 1.85. The minimum atomic E-state index is 0.177. The van der Waals surface area contributed by atoms with Gasteiger partial charge in [0.25, 0.3) is 0 Å². The maximum Gasteiger partial charge on any atom is 0.119 e. The molecule has 0 radical (unpaired) electrons. The lowest BCUT2D eigenvalue weighted by molar-refractivity contribution is 0.340. The second kappa shape index (κ2) is 6.58. The van der Waals surface area contributed by atoms with Gasteiger partial charge in [0.1, 0.15) is 10.8 Å². The van der Waals surface area contributed by atoms with Gasteiger partial charge in [0.2, 0.25) is 0 Å². The Morgan fingerprint density at radius 1 is 1.24 bits per heavy atom. The first kappa shape index (κ1) is 14.5. The lowest BCUT2D eigenvalue weighted by Crippen LogP contribution is -2.17. The molecule has 4 heteroatoms. The predicted octanol–water partition coefficient (Wildman–Crippen LogP) is 3.73. The molecule has 0 bridgehead atoms. The van der Waals surface area contributed by atoms with Crippen LogP contribution < -0.4 is 10.1 Å². The number of benzene rings is 1. The van der Waals surface area contributed by atoms with Gasteiger partial charge in [0.05, 0.1) is 18.3 Å². The molecule has 1 aliphatic rings. The van der Waals surface area contributed by atoms with Crippen LogP contribution in [-0.2, 0) is 12.8 Å². The van der Waals surface area contributed by atoms with Crippen molar-refractivity contribution in [2.75, 3.05) is 13.7 Å². The Kier molecular flexibility index (Phi) is 4.56. The molecule has 3 nitrogen and oxygen atoms in total. The third-order valence-corrected chi connectivity index (χ3v) is 5.14. The van der Waals surface area contributed by atoms with Crippen LogP contribution in [-0.4, -0.2) is 18.6 Å². The van der Waals surface area contributed by atoms with Gasteiger partial charge in [-0.05, 0) is 57.4 Å². The summed E-state index contributed by atoms with van der Waals surface area (Å²) in [4.78, 5) is 6.37. The summed E-state index contributed by atoms with van der Waals surface area (Å²) < 4.78 is 5.51. The molecule has 0 saturated carbocycles. The molecule has 0 fully saturated rings. The Morgan fingerprint density at radius 2 is 2.00 bits per heavy atom. The van der Waals surface area contributed by atoms with Gasteiger partial charge in [-0.1, -0.05) is 12.1 Å². The van der Waals surface area contributed by atoms with Crippen LogP contribution in [0.4, 0.5) is 0 Å². The number of thiazole rings is 1. The third-order valence-electron chi connectivity index (χ3n) is 3.92. The van der Waals surface area contributed by atoms with Gasteiger partial charge in [-0.25, -0.2) is 4.98 Å². The Hall–Kier alpha value is -1.39. The highest BCUT2D eigenvalue weighted by Gasteiger charge is 2.21. The van der Waals surface area contributed by atoms with Crippen LogP contribution in [0.5, 0.6) is 5.75 Å². The Labute approximate surface area is 130 Å². The first-order chi connectivity index (χ1) is 10.3. The van der Waals surface area contributed by atoms with Crippen molar-refractivity contribution >= 4 is 11.3 Å². The van der Waals surface area contributed by atoms with Crippen molar-refractivity contribution in [3.63, 3.8) is 0 Å². The molecule has 1 atom stereocenters. The van der Waals surface area contributed by atoms with Crippen molar-refractivity contribution in [3.05, 3.63) is 45.4 Å². The van der Waals surface area contributed by atoms with Crippen LogP contribution in [0.1, 0.15) is 46.9 Å². The average Bonchev–Trinajstić information content (AvgIpc) is 2.93. The molecular weight excluding hydrogens is 280 g/mol. The van der Waals surface area contributed by atoms with E-state index in [1.165, 1.54) is 40.4 Å². The standard InChI is InChI=1S/C17H22N2OS/c1-3-20-13-10-8-12(9-11-13)16(18-2)17-19-14-6-4-5-7-15(14)21-17/h8-11,16,18H,3-7H2,1-2H3. The maximum absolute atomic E-state index is 5.51. The number of hydrogen-bond acceptors (Lipinski definition) is 4. The molecule has 1 unspecified atom stereocenters. The quantitative estimate of drug-likeness (QED) is 0.914. The fourth-order valence-corrected chi connectivity index (χ4v) is 4.14. The Bertz CT molecular complexity index is 568. The summed E-state index contributed by atoms with van der Waals surface area (Å²) in [5, 5.41) is 4.59. The number of hydrogen-bond donors (Lipinski definition) is 1. The number of nitrogens with one attached hydrogen (secondary N) is 1. The van der Waals surface area contributed by atoms with Gasteiger partial charge in [-0.3, -0.25) is 0 Å². The van der Waals surface area contributed by atoms with Crippen LogP contribution >= 0.6 is 11.3 Å². The minimum absolute atomic E-state index is 0.177. The van der Waals surface area contributed by atoms with Crippen molar-refractivity contribution in [2.45, 2.75) is 38.6 Å². The molecule has 2 aromatic rings. The molecule has 3 rings (SSSR count). The third kappa shape index (κ3) is 3.11. The van der Waals surface area contributed by atoms with Crippen LogP contribution in [0.2, 0.25) is 0 Å². The maximum atomic E-state index is 5.51. The molecule has 1 aliphatic carbocycles. The van der Waals surface area contributed by atoms with E-state index in [2.05, 4.69) is 17.4 Å². The van der Waals surface area contributed by atoms with E-state index >= 15 is 0 Å². The first-order valence-corrected chi connectivity index (χ1v) is 8.52. The van der Waals surface area contributed by atoms with E-state index in [9.17, 15) is 0 Å². The zero-order valence-corrected chi connectivity index (χ0v) is 13.5. The van der Waals surface area contributed by atoms with Gasteiger partial charge in [-0.2, -0.15) is 0 Å². The van der Waals surface area contributed by atoms with Gasteiger partial charge < -0.3 is 10.1 Å². The van der Waals surface area contributed by atoms with E-state index in [4.69, 9.17) is 9.72 Å². The van der Waals surface area contributed by atoms with Crippen molar-refractivity contribution in [1.29, 1.82) is 0 Å². The molecule has 1 aromatic heterocycles. The van der Waals surface area contributed by atoms with Crippen molar-refractivity contribution in [2.24, 2.45) is 0 Å². The minimum Gasteiger partial charge on any atom is -0.494 e. The zero-order valence-electron chi connectivity index (χ0n) is 12.7. The summed E-state index contributed by atoms with van der Waals surface area (Å²) in [6.45, 7) is 2.71. The number of rotatable bonds is 5. The molecule has 1 heterocycles. The van der Waals surface area contributed by atoms with Crippen LogP contribution in [0.3, 0.4) is 0 Å². The highest BCUT2D eigenvalue weighted by atomic mass is 32.1. The fraction of sp³-hybridized carbons (Fsp3) is 0.471. The molecule has 112 valence electrons. The highest BCUT2D eigenvalue weighted by molar-refractivity contribution is 7.11. The molecular formula is C17H22N2OS. The lowest BCUT2D eigenvalue weighted by Gasteiger charge is -2.14. The molecule has 0 aliphatic heterocycles. The summed E-state index contributed by atoms with van der Waals surface area (Å²) in [7, 11) is 2.00. The summed E-state index contributed by atoms with van der Waals surface area (Å²) >= 11 is 1.87. The van der Waals surface area contributed by atoms with Crippen molar-refractivity contribution in [3.8, 4) is 5.75 Å². The van der Waals surface area contributed by atoms with E-state index in [1.54, 1.807) is 0 Å². The summed E-state index contributed by atoms with van der Waals surface area (Å²) in [6, 6.07) is 8.52. The summed E-state index contributed by atoms with van der Waals surface area (Å²) in [6.07, 6.45) is 4.93. The number of nitrogens with zero attached hydrogens (tertiary/aromatic N) is 1. The Morgan fingerprint density at radius 3 is 2.67 bits per heavy atom. The number of ether oxygens (including phenoxy) is 1. The lowest BCUT2D eigenvalue weighted by atomic mass is 10.0.